The van der Waals surface area contributed by atoms with Gasteiger partial charge in [-0.2, -0.15) is 0 Å². The van der Waals surface area contributed by atoms with Crippen molar-refractivity contribution in [1.82, 2.24) is 10.2 Å². The number of halogens is 1. The summed E-state index contributed by atoms with van der Waals surface area (Å²) >= 11 is 3.52. The van der Waals surface area contributed by atoms with Gasteiger partial charge in [-0.1, -0.05) is 15.9 Å². The van der Waals surface area contributed by atoms with E-state index in [1.807, 2.05) is 12.1 Å². The van der Waals surface area contributed by atoms with E-state index in [1.165, 1.54) is 12.8 Å². The summed E-state index contributed by atoms with van der Waals surface area (Å²) in [6, 6.07) is 6.06. The maximum absolute atomic E-state index is 12.9. The van der Waals surface area contributed by atoms with Gasteiger partial charge in [0.1, 0.15) is 0 Å². The van der Waals surface area contributed by atoms with E-state index in [9.17, 15) is 9.59 Å². The Hall–Kier alpha value is -1.40. The first-order chi connectivity index (χ1) is 13.0. The number of carbonyl (C=O) groups excluding carboxylic acids is 2. The van der Waals surface area contributed by atoms with Crippen LogP contribution < -0.4 is 5.32 Å². The SMILES string of the molecule is O=C(CN1CC2(CC2)c2cc(Br)ccc2C1=O)N[C@@H]1CCO[C@@H](C2CC2)C1. The van der Waals surface area contributed by atoms with Gasteiger partial charge in [0.2, 0.25) is 5.91 Å². The number of benzene rings is 1. The van der Waals surface area contributed by atoms with Crippen molar-refractivity contribution < 1.29 is 14.3 Å². The third-order valence-corrected chi connectivity index (χ3v) is 7.07. The summed E-state index contributed by atoms with van der Waals surface area (Å²) < 4.78 is 6.86. The Bertz CT molecular complexity index is 788. The van der Waals surface area contributed by atoms with Crippen LogP contribution in [0.1, 0.15) is 54.4 Å². The first kappa shape index (κ1) is 17.7. The molecule has 1 spiro atoms. The average molecular weight is 433 g/mol. The summed E-state index contributed by atoms with van der Waals surface area (Å²) in [5, 5.41) is 3.16. The van der Waals surface area contributed by atoms with E-state index in [0.717, 1.165) is 47.9 Å². The lowest BCUT2D eigenvalue weighted by molar-refractivity contribution is -0.123. The lowest BCUT2D eigenvalue weighted by Gasteiger charge is -2.35. The van der Waals surface area contributed by atoms with Crippen LogP contribution in [0.2, 0.25) is 0 Å². The molecular weight excluding hydrogens is 408 g/mol. The molecule has 1 N–H and O–H groups in total. The Morgan fingerprint density at radius 3 is 2.85 bits per heavy atom. The lowest BCUT2D eigenvalue weighted by atomic mass is 9.86. The molecule has 0 unspecified atom stereocenters. The highest BCUT2D eigenvalue weighted by Gasteiger charge is 2.51. The molecule has 4 aliphatic rings. The second-order valence-electron chi connectivity index (χ2n) is 8.67. The van der Waals surface area contributed by atoms with E-state index in [1.54, 1.807) is 4.90 Å². The Balaban J connectivity index is 1.25. The fourth-order valence-electron chi connectivity index (χ4n) is 4.74. The first-order valence-corrected chi connectivity index (χ1v) is 10.8. The second kappa shape index (κ2) is 6.59. The van der Waals surface area contributed by atoms with E-state index >= 15 is 0 Å². The minimum Gasteiger partial charge on any atom is -0.378 e. The molecule has 3 fully saturated rings. The van der Waals surface area contributed by atoms with Gasteiger partial charge in [-0.25, -0.2) is 0 Å². The number of fused-ring (bicyclic) bond motifs is 2. The summed E-state index contributed by atoms with van der Waals surface area (Å²) in [5.41, 5.74) is 1.97. The first-order valence-electron chi connectivity index (χ1n) is 10.0. The van der Waals surface area contributed by atoms with Crippen molar-refractivity contribution in [3.63, 3.8) is 0 Å². The van der Waals surface area contributed by atoms with Gasteiger partial charge in [0.25, 0.3) is 5.91 Å². The topological polar surface area (TPSA) is 58.6 Å². The van der Waals surface area contributed by atoms with E-state index < -0.39 is 0 Å². The van der Waals surface area contributed by atoms with Gasteiger partial charge in [0, 0.05) is 34.6 Å². The third kappa shape index (κ3) is 3.42. The van der Waals surface area contributed by atoms with Crippen LogP contribution in [0.4, 0.5) is 0 Å². The predicted molar refractivity (Wildman–Crippen MR) is 105 cm³/mol. The van der Waals surface area contributed by atoms with Crippen LogP contribution in [0.15, 0.2) is 22.7 Å². The number of amides is 2. The van der Waals surface area contributed by atoms with Crippen LogP contribution >= 0.6 is 15.9 Å². The molecular formula is C21H25BrN2O3. The van der Waals surface area contributed by atoms with Gasteiger partial charge in [0.15, 0.2) is 0 Å². The molecule has 2 amide bonds. The number of nitrogens with one attached hydrogen (secondary N) is 1. The Morgan fingerprint density at radius 2 is 2.11 bits per heavy atom. The smallest absolute Gasteiger partial charge is 0.254 e. The molecule has 27 heavy (non-hydrogen) atoms. The highest BCUT2D eigenvalue weighted by molar-refractivity contribution is 9.10. The second-order valence-corrected chi connectivity index (χ2v) is 9.58. The normalized spacial score (nSPS) is 28.8. The standard InChI is InChI=1S/C21H25BrN2O3/c22-14-3-4-16-17(9-14)21(6-7-21)12-24(20(16)26)11-19(25)23-15-5-8-27-18(10-15)13-1-2-13/h3-4,9,13,15,18H,1-2,5-8,10-12H2,(H,23,25)/t15-,18-/m1/s1. The number of carbonyl (C=O) groups is 2. The van der Waals surface area contributed by atoms with E-state index in [0.29, 0.717) is 18.6 Å². The quantitative estimate of drug-likeness (QED) is 0.795. The predicted octanol–water partition coefficient (Wildman–Crippen LogP) is 3.01. The molecule has 1 aromatic carbocycles. The molecule has 144 valence electrons. The molecule has 5 rings (SSSR count). The molecule has 2 atom stereocenters. The molecule has 1 saturated heterocycles. The fraction of sp³-hybridized carbons (Fsp3) is 0.619. The van der Waals surface area contributed by atoms with Crippen molar-refractivity contribution in [2.24, 2.45) is 5.92 Å². The molecule has 2 saturated carbocycles. The molecule has 2 aliphatic carbocycles. The molecule has 0 aromatic heterocycles. The number of hydrogen-bond acceptors (Lipinski definition) is 3. The van der Waals surface area contributed by atoms with Gasteiger partial charge in [-0.05, 0) is 68.2 Å². The van der Waals surface area contributed by atoms with Crippen molar-refractivity contribution >= 4 is 27.7 Å². The van der Waals surface area contributed by atoms with Gasteiger partial charge in [0.05, 0.1) is 12.6 Å². The highest BCUT2D eigenvalue weighted by Crippen LogP contribution is 2.52. The van der Waals surface area contributed by atoms with E-state index in [4.69, 9.17) is 4.74 Å². The largest absolute Gasteiger partial charge is 0.378 e. The number of hydrogen-bond donors (Lipinski definition) is 1. The van der Waals surface area contributed by atoms with Gasteiger partial charge >= 0.3 is 0 Å². The summed E-state index contributed by atoms with van der Waals surface area (Å²) in [4.78, 5) is 27.3. The summed E-state index contributed by atoms with van der Waals surface area (Å²) in [7, 11) is 0. The highest BCUT2D eigenvalue weighted by atomic mass is 79.9. The van der Waals surface area contributed by atoms with Crippen molar-refractivity contribution in [3.8, 4) is 0 Å². The fourth-order valence-corrected chi connectivity index (χ4v) is 5.10. The lowest BCUT2D eigenvalue weighted by Crippen LogP contribution is -2.50. The van der Waals surface area contributed by atoms with Crippen LogP contribution in [-0.4, -0.2) is 48.6 Å². The Kier molecular flexibility index (Phi) is 4.32. The number of rotatable bonds is 4. The number of ether oxygens (including phenoxy) is 1. The minimum atomic E-state index is -0.0406. The van der Waals surface area contributed by atoms with Crippen LogP contribution in [0, 0.1) is 5.92 Å². The molecule has 0 bridgehead atoms. The van der Waals surface area contributed by atoms with Crippen LogP contribution in [-0.2, 0) is 14.9 Å². The summed E-state index contributed by atoms with van der Waals surface area (Å²) in [6.07, 6.45) is 6.77. The maximum Gasteiger partial charge on any atom is 0.254 e. The van der Waals surface area contributed by atoms with Crippen molar-refractivity contribution in [3.05, 3.63) is 33.8 Å². The van der Waals surface area contributed by atoms with Crippen LogP contribution in [0.3, 0.4) is 0 Å². The molecule has 1 aromatic rings. The zero-order valence-corrected chi connectivity index (χ0v) is 17.0. The van der Waals surface area contributed by atoms with Crippen LogP contribution in [0.25, 0.3) is 0 Å². The monoisotopic (exact) mass is 432 g/mol. The molecule has 5 nitrogen and oxygen atoms in total. The average Bonchev–Trinajstić information content (AvgIpc) is 3.55. The molecule has 2 heterocycles. The third-order valence-electron chi connectivity index (χ3n) is 6.58. The number of nitrogens with zero attached hydrogens (tertiary/aromatic N) is 1. The van der Waals surface area contributed by atoms with Gasteiger partial charge in [-0.15, -0.1) is 0 Å². The van der Waals surface area contributed by atoms with Gasteiger partial charge < -0.3 is 15.0 Å². The van der Waals surface area contributed by atoms with Crippen molar-refractivity contribution in [2.45, 2.75) is 56.1 Å². The summed E-state index contributed by atoms with van der Waals surface area (Å²) in [5.74, 6) is 0.632. The molecule has 6 heteroatoms. The molecule has 2 aliphatic heterocycles. The minimum absolute atomic E-state index is 0.0204. The summed E-state index contributed by atoms with van der Waals surface area (Å²) in [6.45, 7) is 1.53. The maximum atomic E-state index is 12.9. The zero-order valence-electron chi connectivity index (χ0n) is 15.4. The van der Waals surface area contributed by atoms with E-state index in [2.05, 4.69) is 27.3 Å². The Labute approximate surface area is 167 Å². The zero-order chi connectivity index (χ0) is 18.6. The van der Waals surface area contributed by atoms with Gasteiger partial charge in [-0.3, -0.25) is 9.59 Å². The van der Waals surface area contributed by atoms with Crippen LogP contribution in [0.5, 0.6) is 0 Å². The Morgan fingerprint density at radius 1 is 1.30 bits per heavy atom. The van der Waals surface area contributed by atoms with Crippen molar-refractivity contribution in [1.29, 1.82) is 0 Å². The van der Waals surface area contributed by atoms with Crippen molar-refractivity contribution in [2.75, 3.05) is 19.7 Å². The molecule has 0 radical (unpaired) electrons. The van der Waals surface area contributed by atoms with E-state index in [-0.39, 0.29) is 29.8 Å².